The summed E-state index contributed by atoms with van der Waals surface area (Å²) < 4.78 is 0. The van der Waals surface area contributed by atoms with Crippen LogP contribution in [0.1, 0.15) is 46.5 Å². The van der Waals surface area contributed by atoms with E-state index in [1.807, 2.05) is 0 Å². The van der Waals surface area contributed by atoms with Crippen LogP contribution in [0.15, 0.2) is 0 Å². The fourth-order valence-corrected chi connectivity index (χ4v) is 2.50. The number of hydrogen-bond acceptors (Lipinski definition) is 7. The third-order valence-corrected chi connectivity index (χ3v) is 4.13. The van der Waals surface area contributed by atoms with E-state index < -0.39 is 54.5 Å². The molecule has 4 atom stereocenters. The van der Waals surface area contributed by atoms with E-state index in [4.69, 9.17) is 11.5 Å². The topological polar surface area (TPSA) is 197 Å². The number of nitrogens with two attached hydrogens (primary N) is 2. The highest BCUT2D eigenvalue weighted by Gasteiger charge is 2.29. The van der Waals surface area contributed by atoms with E-state index in [1.165, 1.54) is 6.92 Å². The number of hydrogen-bond donors (Lipinski definition) is 7. The van der Waals surface area contributed by atoms with Crippen LogP contribution in [-0.2, 0) is 19.2 Å². The van der Waals surface area contributed by atoms with Gasteiger partial charge in [-0.2, -0.15) is 0 Å². The van der Waals surface area contributed by atoms with Crippen molar-refractivity contribution in [3.8, 4) is 0 Å². The summed E-state index contributed by atoms with van der Waals surface area (Å²) in [6.07, 6.45) is 1.65. The maximum absolute atomic E-state index is 12.6. The molecule has 0 aliphatic rings. The predicted molar refractivity (Wildman–Crippen MR) is 107 cm³/mol. The largest absolute Gasteiger partial charge is 0.480 e. The van der Waals surface area contributed by atoms with Crippen molar-refractivity contribution in [3.63, 3.8) is 0 Å². The van der Waals surface area contributed by atoms with Crippen LogP contribution < -0.4 is 27.4 Å². The van der Waals surface area contributed by atoms with Crippen LogP contribution in [-0.4, -0.2) is 71.2 Å². The average molecular weight is 418 g/mol. The Morgan fingerprint density at radius 1 is 0.862 bits per heavy atom. The van der Waals surface area contributed by atoms with Gasteiger partial charge in [-0.25, -0.2) is 4.79 Å². The van der Waals surface area contributed by atoms with Gasteiger partial charge in [-0.1, -0.05) is 13.8 Å². The number of carbonyl (C=O) groups is 4. The second-order valence-corrected chi connectivity index (χ2v) is 7.41. The first-order valence-corrected chi connectivity index (χ1v) is 9.73. The van der Waals surface area contributed by atoms with Crippen LogP contribution in [0.5, 0.6) is 0 Å². The van der Waals surface area contributed by atoms with Gasteiger partial charge in [0.2, 0.25) is 17.7 Å². The number of carbonyl (C=O) groups excluding carboxylic acids is 3. The number of aliphatic hydroxyl groups excluding tert-OH is 1. The number of carboxylic acids is 1. The number of nitrogens with one attached hydrogen (secondary N) is 3. The fraction of sp³-hybridized carbons (Fsp3) is 0.778. The molecule has 0 heterocycles. The van der Waals surface area contributed by atoms with Crippen molar-refractivity contribution in [2.45, 2.75) is 70.6 Å². The highest BCUT2D eigenvalue weighted by atomic mass is 16.4. The number of unbranched alkanes of at least 4 members (excludes halogenated alkanes) is 1. The molecule has 168 valence electrons. The van der Waals surface area contributed by atoms with E-state index in [9.17, 15) is 29.4 Å². The molecule has 9 N–H and O–H groups in total. The highest BCUT2D eigenvalue weighted by Crippen LogP contribution is 2.06. The standard InChI is InChI=1S/C18H35N5O6/c1-10(2)8-13(18(28)29)22-17(27)14(9-24)23-16(26)12(6-4-5-7-19)21-15(25)11(3)20/h10-14,24H,4-9,19-20H2,1-3H3,(H,21,25)(H,22,27)(H,23,26)(H,28,29). The molecule has 3 amide bonds. The Labute approximate surface area is 171 Å². The first-order chi connectivity index (χ1) is 13.5. The molecule has 29 heavy (non-hydrogen) atoms. The number of rotatable bonds is 14. The molecule has 0 saturated carbocycles. The molecular weight excluding hydrogens is 382 g/mol. The molecule has 0 aliphatic heterocycles. The molecule has 0 aliphatic carbocycles. The number of aliphatic carboxylic acids is 1. The van der Waals surface area contributed by atoms with Gasteiger partial charge in [-0.3, -0.25) is 14.4 Å². The van der Waals surface area contributed by atoms with Gasteiger partial charge in [0.15, 0.2) is 0 Å². The van der Waals surface area contributed by atoms with Gasteiger partial charge in [-0.05, 0) is 45.1 Å². The minimum Gasteiger partial charge on any atom is -0.480 e. The van der Waals surface area contributed by atoms with E-state index in [1.54, 1.807) is 13.8 Å². The quantitative estimate of drug-likeness (QED) is 0.158. The van der Waals surface area contributed by atoms with Gasteiger partial charge >= 0.3 is 5.97 Å². The van der Waals surface area contributed by atoms with Crippen molar-refractivity contribution in [2.75, 3.05) is 13.2 Å². The van der Waals surface area contributed by atoms with Crippen molar-refractivity contribution >= 4 is 23.7 Å². The molecule has 0 spiro atoms. The lowest BCUT2D eigenvalue weighted by Gasteiger charge is -2.24. The van der Waals surface area contributed by atoms with Crippen LogP contribution in [0, 0.1) is 5.92 Å². The fourth-order valence-electron chi connectivity index (χ4n) is 2.50. The van der Waals surface area contributed by atoms with Gasteiger partial charge in [0.05, 0.1) is 12.6 Å². The van der Waals surface area contributed by atoms with E-state index in [-0.39, 0.29) is 18.8 Å². The number of aliphatic hydroxyl groups is 1. The van der Waals surface area contributed by atoms with Crippen LogP contribution >= 0.6 is 0 Å². The molecule has 11 heteroatoms. The monoisotopic (exact) mass is 417 g/mol. The zero-order chi connectivity index (χ0) is 22.6. The van der Waals surface area contributed by atoms with Crippen LogP contribution in [0.25, 0.3) is 0 Å². The van der Waals surface area contributed by atoms with Crippen LogP contribution in [0.4, 0.5) is 0 Å². The third-order valence-electron chi connectivity index (χ3n) is 4.13. The molecule has 0 aromatic carbocycles. The summed E-state index contributed by atoms with van der Waals surface area (Å²) in [6, 6.07) is -4.30. The minimum atomic E-state index is -1.36. The molecule has 0 radical (unpaired) electrons. The van der Waals surface area contributed by atoms with Crippen LogP contribution in [0.3, 0.4) is 0 Å². The first kappa shape index (κ1) is 26.8. The summed E-state index contributed by atoms with van der Waals surface area (Å²) in [7, 11) is 0. The van der Waals surface area contributed by atoms with Crippen molar-refractivity contribution in [3.05, 3.63) is 0 Å². The molecule has 0 aromatic rings. The summed E-state index contributed by atoms with van der Waals surface area (Å²) in [6.45, 7) is 4.77. The maximum Gasteiger partial charge on any atom is 0.326 e. The van der Waals surface area contributed by atoms with Crippen molar-refractivity contribution in [2.24, 2.45) is 17.4 Å². The van der Waals surface area contributed by atoms with E-state index in [0.717, 1.165) is 0 Å². The number of amides is 3. The average Bonchev–Trinajstić information content (AvgIpc) is 2.63. The Kier molecular flexibility index (Phi) is 12.8. The van der Waals surface area contributed by atoms with Gasteiger partial charge in [0.1, 0.15) is 18.1 Å². The zero-order valence-electron chi connectivity index (χ0n) is 17.3. The molecule has 11 nitrogen and oxygen atoms in total. The highest BCUT2D eigenvalue weighted by molar-refractivity contribution is 5.94. The molecule has 0 bridgehead atoms. The summed E-state index contributed by atoms with van der Waals surface area (Å²) in [4.78, 5) is 48.1. The Balaban J connectivity index is 5.11. The molecule has 0 saturated heterocycles. The molecule has 0 aromatic heterocycles. The SMILES string of the molecule is CC(C)CC(NC(=O)C(CO)NC(=O)C(CCCCN)NC(=O)C(C)N)C(=O)O. The van der Waals surface area contributed by atoms with E-state index in [2.05, 4.69) is 16.0 Å². The summed E-state index contributed by atoms with van der Waals surface area (Å²) in [5, 5.41) is 25.9. The summed E-state index contributed by atoms with van der Waals surface area (Å²) in [5.74, 6) is -3.24. The Morgan fingerprint density at radius 3 is 1.83 bits per heavy atom. The Hall–Kier alpha value is -2.24. The Morgan fingerprint density at radius 2 is 1.38 bits per heavy atom. The van der Waals surface area contributed by atoms with Gasteiger partial charge in [0, 0.05) is 0 Å². The van der Waals surface area contributed by atoms with Crippen molar-refractivity contribution in [1.82, 2.24) is 16.0 Å². The van der Waals surface area contributed by atoms with Crippen LogP contribution in [0.2, 0.25) is 0 Å². The molecular formula is C18H35N5O6. The second kappa shape index (κ2) is 13.9. The molecule has 0 fully saturated rings. The van der Waals surface area contributed by atoms with E-state index >= 15 is 0 Å². The molecule has 4 unspecified atom stereocenters. The summed E-state index contributed by atoms with van der Waals surface area (Å²) >= 11 is 0. The second-order valence-electron chi connectivity index (χ2n) is 7.41. The lowest BCUT2D eigenvalue weighted by Crippen LogP contribution is -2.58. The lowest BCUT2D eigenvalue weighted by atomic mass is 10.0. The van der Waals surface area contributed by atoms with E-state index in [0.29, 0.717) is 19.4 Å². The van der Waals surface area contributed by atoms with Gasteiger partial charge in [-0.15, -0.1) is 0 Å². The molecule has 0 rings (SSSR count). The van der Waals surface area contributed by atoms with Gasteiger partial charge < -0.3 is 37.6 Å². The first-order valence-electron chi connectivity index (χ1n) is 9.73. The van der Waals surface area contributed by atoms with Gasteiger partial charge in [0.25, 0.3) is 0 Å². The van der Waals surface area contributed by atoms with Crippen molar-refractivity contribution in [1.29, 1.82) is 0 Å². The summed E-state index contributed by atoms with van der Waals surface area (Å²) in [5.41, 5.74) is 11.0. The normalized spacial score (nSPS) is 15.1. The third kappa shape index (κ3) is 10.8. The zero-order valence-corrected chi connectivity index (χ0v) is 17.3. The maximum atomic E-state index is 12.6. The van der Waals surface area contributed by atoms with Crippen molar-refractivity contribution < 1.29 is 29.4 Å². The number of carboxylic acid groups (broad SMARTS) is 1. The predicted octanol–water partition coefficient (Wildman–Crippen LogP) is -1.96. The smallest absolute Gasteiger partial charge is 0.326 e. The Bertz CT molecular complexity index is 555. The lowest BCUT2D eigenvalue weighted by molar-refractivity contribution is -0.143. The minimum absolute atomic E-state index is 0.0129.